The van der Waals surface area contributed by atoms with Gasteiger partial charge in [0.05, 0.1) is 14.2 Å². The maximum Gasteiger partial charge on any atom is 0.315 e. The Morgan fingerprint density at radius 1 is 0.838 bits per heavy atom. The minimum absolute atomic E-state index is 0.0379. The second-order valence-corrected chi connectivity index (χ2v) is 10.3. The van der Waals surface area contributed by atoms with Crippen molar-refractivity contribution in [2.24, 2.45) is 10.9 Å². The molecule has 0 amide bonds. The molecule has 0 N–H and O–H groups in total. The van der Waals surface area contributed by atoms with Gasteiger partial charge in [-0.2, -0.15) is 0 Å². The number of carbonyl (C=O) groups is 2. The highest BCUT2D eigenvalue weighted by molar-refractivity contribution is 6.09. The van der Waals surface area contributed by atoms with E-state index >= 15 is 0 Å². The Morgan fingerprint density at radius 2 is 1.43 bits per heavy atom. The van der Waals surface area contributed by atoms with Crippen LogP contribution in [0.15, 0.2) is 64.8 Å². The third-order valence-electron chi connectivity index (χ3n) is 8.04. The number of hydrogen-bond donors (Lipinski definition) is 0. The Kier molecular flexibility index (Phi) is 7.45. The highest BCUT2D eigenvalue weighted by atomic mass is 16.5. The zero-order valence-electron chi connectivity index (χ0n) is 21.9. The second-order valence-electron chi connectivity index (χ2n) is 10.3. The fourth-order valence-corrected chi connectivity index (χ4v) is 6.07. The molecule has 6 heteroatoms. The molecule has 5 rings (SSSR count). The average molecular weight is 502 g/mol. The molecule has 0 radical (unpaired) electrons. The van der Waals surface area contributed by atoms with Crippen molar-refractivity contribution in [3.63, 3.8) is 0 Å². The van der Waals surface area contributed by atoms with Crippen LogP contribution >= 0.6 is 0 Å². The Bertz CT molecular complexity index is 1210. The predicted octanol–water partition coefficient (Wildman–Crippen LogP) is 6.15. The Hall–Kier alpha value is -3.41. The van der Waals surface area contributed by atoms with Gasteiger partial charge >= 0.3 is 5.97 Å². The third kappa shape index (κ3) is 5.20. The monoisotopic (exact) mass is 501 g/mol. The summed E-state index contributed by atoms with van der Waals surface area (Å²) in [6.07, 6.45) is 6.14. The number of esters is 1. The molecule has 37 heavy (non-hydrogen) atoms. The number of benzene rings is 2. The first kappa shape index (κ1) is 25.2. The molecule has 3 aliphatic rings. The number of ketones is 1. The van der Waals surface area contributed by atoms with E-state index in [1.165, 1.54) is 6.42 Å². The van der Waals surface area contributed by atoms with Crippen LogP contribution in [0.25, 0.3) is 0 Å². The summed E-state index contributed by atoms with van der Waals surface area (Å²) in [6, 6.07) is 15.6. The first-order chi connectivity index (χ1) is 18.0. The van der Waals surface area contributed by atoms with Crippen LogP contribution in [0.1, 0.15) is 74.8 Å². The number of aliphatic imine (C=N–C) groups is 1. The molecule has 1 unspecified atom stereocenters. The predicted molar refractivity (Wildman–Crippen MR) is 142 cm³/mol. The van der Waals surface area contributed by atoms with Crippen molar-refractivity contribution in [3.05, 3.63) is 70.9 Å². The molecule has 0 spiro atoms. The maximum atomic E-state index is 13.8. The van der Waals surface area contributed by atoms with E-state index in [0.717, 1.165) is 54.0 Å². The fraction of sp³-hybridized carbons (Fsp3) is 0.452. The van der Waals surface area contributed by atoms with Gasteiger partial charge in [0.25, 0.3) is 0 Å². The van der Waals surface area contributed by atoms with Crippen molar-refractivity contribution in [3.8, 4) is 11.5 Å². The largest absolute Gasteiger partial charge is 0.497 e. The van der Waals surface area contributed by atoms with Gasteiger partial charge in [-0.05, 0) is 80.3 Å². The van der Waals surface area contributed by atoms with E-state index in [1.807, 2.05) is 55.5 Å². The summed E-state index contributed by atoms with van der Waals surface area (Å²) in [5, 5.41) is 0. The Morgan fingerprint density at radius 3 is 2.03 bits per heavy atom. The van der Waals surface area contributed by atoms with Crippen molar-refractivity contribution >= 4 is 17.5 Å². The van der Waals surface area contributed by atoms with Gasteiger partial charge in [0.1, 0.15) is 23.5 Å². The van der Waals surface area contributed by atoms with Crippen molar-refractivity contribution in [1.82, 2.24) is 0 Å². The average Bonchev–Trinajstić information content (AvgIpc) is 2.92. The smallest absolute Gasteiger partial charge is 0.315 e. The molecule has 3 atom stereocenters. The SMILES string of the molecule is COc1ccc([C@@H]2CC(=O)C3=C(C2)N=C(C)C(C(=O)OC2CCCCC2)[C@H]3c2ccc(OC)cc2)cc1. The van der Waals surface area contributed by atoms with E-state index in [4.69, 9.17) is 19.2 Å². The van der Waals surface area contributed by atoms with Crippen LogP contribution in [-0.4, -0.2) is 37.8 Å². The van der Waals surface area contributed by atoms with Crippen LogP contribution in [0.2, 0.25) is 0 Å². The van der Waals surface area contributed by atoms with E-state index in [1.54, 1.807) is 14.2 Å². The normalized spacial score (nSPS) is 24.2. The number of Topliss-reactive ketones (excluding diaryl/α,β-unsaturated/α-hetero) is 1. The fourth-order valence-electron chi connectivity index (χ4n) is 6.07. The molecule has 6 nitrogen and oxygen atoms in total. The van der Waals surface area contributed by atoms with Crippen molar-refractivity contribution < 1.29 is 23.8 Å². The van der Waals surface area contributed by atoms with E-state index < -0.39 is 11.8 Å². The zero-order valence-corrected chi connectivity index (χ0v) is 21.9. The van der Waals surface area contributed by atoms with Gasteiger partial charge in [0, 0.05) is 29.3 Å². The number of rotatable bonds is 6. The van der Waals surface area contributed by atoms with Gasteiger partial charge in [-0.1, -0.05) is 30.7 Å². The quantitative estimate of drug-likeness (QED) is 0.444. The van der Waals surface area contributed by atoms with Crippen molar-refractivity contribution in [1.29, 1.82) is 0 Å². The minimum atomic E-state index is -0.615. The molecule has 1 aliphatic heterocycles. The lowest BCUT2D eigenvalue weighted by Gasteiger charge is -2.37. The molecular weight excluding hydrogens is 466 g/mol. The highest BCUT2D eigenvalue weighted by Gasteiger charge is 2.45. The first-order valence-corrected chi connectivity index (χ1v) is 13.3. The summed E-state index contributed by atoms with van der Waals surface area (Å²) >= 11 is 0. The molecule has 0 saturated heterocycles. The van der Waals surface area contributed by atoms with Gasteiger partial charge in [-0.15, -0.1) is 0 Å². The topological polar surface area (TPSA) is 74.2 Å². The van der Waals surface area contributed by atoms with Crippen LogP contribution in [0, 0.1) is 5.92 Å². The lowest BCUT2D eigenvalue weighted by Crippen LogP contribution is -2.39. The lowest BCUT2D eigenvalue weighted by molar-refractivity contribution is -0.153. The van der Waals surface area contributed by atoms with Gasteiger partial charge in [-0.25, -0.2) is 0 Å². The summed E-state index contributed by atoms with van der Waals surface area (Å²) in [6.45, 7) is 1.90. The van der Waals surface area contributed by atoms with Crippen LogP contribution in [0.4, 0.5) is 0 Å². The molecular formula is C31H35NO5. The molecule has 1 fully saturated rings. The van der Waals surface area contributed by atoms with Crippen molar-refractivity contribution in [2.75, 3.05) is 14.2 Å². The zero-order chi connectivity index (χ0) is 25.9. The highest BCUT2D eigenvalue weighted by Crippen LogP contribution is 2.47. The molecule has 194 valence electrons. The van der Waals surface area contributed by atoms with Gasteiger partial charge < -0.3 is 14.2 Å². The summed E-state index contributed by atoms with van der Waals surface area (Å²) in [5.74, 6) is 0.303. The third-order valence-corrected chi connectivity index (χ3v) is 8.04. The number of carbonyl (C=O) groups excluding carboxylic acids is 2. The summed E-state index contributed by atoms with van der Waals surface area (Å²) in [5.41, 5.74) is 4.16. The van der Waals surface area contributed by atoms with Crippen LogP contribution < -0.4 is 9.47 Å². The van der Waals surface area contributed by atoms with E-state index in [9.17, 15) is 9.59 Å². The van der Waals surface area contributed by atoms with Crippen LogP contribution in [0.3, 0.4) is 0 Å². The van der Waals surface area contributed by atoms with Crippen molar-refractivity contribution in [2.45, 2.75) is 69.8 Å². The summed E-state index contributed by atoms with van der Waals surface area (Å²) in [7, 11) is 3.27. The first-order valence-electron chi connectivity index (χ1n) is 13.3. The molecule has 2 aromatic carbocycles. The number of methoxy groups -OCH3 is 2. The summed E-state index contributed by atoms with van der Waals surface area (Å²) < 4.78 is 16.7. The minimum Gasteiger partial charge on any atom is -0.497 e. The molecule has 1 saturated carbocycles. The van der Waals surface area contributed by atoms with E-state index in [2.05, 4.69) is 0 Å². The number of nitrogens with zero attached hydrogens (tertiary/aromatic N) is 1. The van der Waals surface area contributed by atoms with E-state index in [0.29, 0.717) is 24.1 Å². The van der Waals surface area contributed by atoms with Gasteiger partial charge in [0.2, 0.25) is 0 Å². The molecule has 0 bridgehead atoms. The molecule has 2 aromatic rings. The standard InChI is InChI=1S/C31H35NO5/c1-19-28(31(34)37-25-7-5-4-6-8-25)29(21-11-15-24(36-3)16-12-21)30-26(32-19)17-22(18-27(30)33)20-9-13-23(35-2)14-10-20/h9-16,22,25,28-29H,4-8,17-18H2,1-3H3/t22-,28?,29+/m0/s1. The Balaban J connectivity index is 1.50. The Labute approximate surface area is 218 Å². The molecule has 1 heterocycles. The van der Waals surface area contributed by atoms with Gasteiger partial charge in [0.15, 0.2) is 5.78 Å². The molecule has 2 aliphatic carbocycles. The molecule has 0 aromatic heterocycles. The maximum absolute atomic E-state index is 13.8. The number of ether oxygens (including phenoxy) is 3. The number of hydrogen-bond acceptors (Lipinski definition) is 6. The lowest BCUT2D eigenvalue weighted by atomic mass is 9.69. The second kappa shape index (κ2) is 10.9. The van der Waals surface area contributed by atoms with Crippen LogP contribution in [0.5, 0.6) is 11.5 Å². The summed E-state index contributed by atoms with van der Waals surface area (Å²) in [4.78, 5) is 32.3. The number of allylic oxidation sites excluding steroid dienone is 2. The van der Waals surface area contributed by atoms with Crippen LogP contribution in [-0.2, 0) is 14.3 Å². The van der Waals surface area contributed by atoms with Gasteiger partial charge in [-0.3, -0.25) is 14.6 Å². The van der Waals surface area contributed by atoms with E-state index in [-0.39, 0.29) is 23.8 Å².